The van der Waals surface area contributed by atoms with Gasteiger partial charge in [-0.15, -0.1) is 0 Å². The van der Waals surface area contributed by atoms with Crippen LogP contribution in [-0.2, 0) is 15.7 Å². The van der Waals surface area contributed by atoms with Crippen LogP contribution in [0.3, 0.4) is 0 Å². The largest absolute Gasteiger partial charge is 0.416 e. The van der Waals surface area contributed by atoms with Crippen LogP contribution in [-0.4, -0.2) is 25.9 Å². The van der Waals surface area contributed by atoms with E-state index in [1.54, 1.807) is 7.11 Å². The maximum Gasteiger partial charge on any atom is 0.416 e. The number of hydrogen-bond donors (Lipinski definition) is 2. The lowest BCUT2D eigenvalue weighted by molar-refractivity contribution is -0.137. The fourth-order valence-corrected chi connectivity index (χ4v) is 2.74. The highest BCUT2D eigenvalue weighted by molar-refractivity contribution is 5.28. The number of hydrazine groups is 1. The van der Waals surface area contributed by atoms with Crippen molar-refractivity contribution in [1.82, 2.24) is 5.43 Å². The molecule has 0 amide bonds. The fourth-order valence-electron chi connectivity index (χ4n) is 2.74. The van der Waals surface area contributed by atoms with Crippen molar-refractivity contribution in [1.29, 1.82) is 0 Å². The standard InChI is InChI=1S/C14H19F3N2O2/c1-20-13(6-8-21-9-7-13)12(19-18)10-2-4-11(5-3-10)14(15,16)17/h2-5,12,19H,6-9,18H2,1H3. The van der Waals surface area contributed by atoms with E-state index in [0.29, 0.717) is 31.6 Å². The van der Waals surface area contributed by atoms with Crippen LogP contribution in [0.25, 0.3) is 0 Å². The molecule has 0 aliphatic carbocycles. The quantitative estimate of drug-likeness (QED) is 0.662. The zero-order valence-corrected chi connectivity index (χ0v) is 11.7. The molecule has 0 saturated carbocycles. The van der Waals surface area contributed by atoms with Gasteiger partial charge in [0.1, 0.15) is 0 Å². The Balaban J connectivity index is 2.28. The minimum absolute atomic E-state index is 0.395. The number of nitrogens with two attached hydrogens (primary N) is 1. The number of nitrogens with one attached hydrogen (secondary N) is 1. The van der Waals surface area contributed by atoms with E-state index in [4.69, 9.17) is 15.3 Å². The van der Waals surface area contributed by atoms with Crippen molar-refractivity contribution >= 4 is 0 Å². The van der Waals surface area contributed by atoms with Gasteiger partial charge in [0.15, 0.2) is 0 Å². The number of alkyl halides is 3. The van der Waals surface area contributed by atoms with E-state index in [-0.39, 0.29) is 0 Å². The number of hydrogen-bond acceptors (Lipinski definition) is 4. The molecule has 1 heterocycles. The van der Waals surface area contributed by atoms with Gasteiger partial charge in [0, 0.05) is 33.2 Å². The Morgan fingerprint density at radius 1 is 1.24 bits per heavy atom. The molecule has 1 aromatic carbocycles. The summed E-state index contributed by atoms with van der Waals surface area (Å²) in [6.45, 7) is 1.07. The van der Waals surface area contributed by atoms with Crippen LogP contribution in [0, 0.1) is 0 Å². The summed E-state index contributed by atoms with van der Waals surface area (Å²) in [7, 11) is 1.58. The summed E-state index contributed by atoms with van der Waals surface area (Å²) >= 11 is 0. The first-order valence-electron chi connectivity index (χ1n) is 6.69. The fraction of sp³-hybridized carbons (Fsp3) is 0.571. The molecular formula is C14H19F3N2O2. The van der Waals surface area contributed by atoms with Crippen LogP contribution in [0.4, 0.5) is 13.2 Å². The van der Waals surface area contributed by atoms with Crippen LogP contribution in [0.5, 0.6) is 0 Å². The van der Waals surface area contributed by atoms with E-state index in [0.717, 1.165) is 12.1 Å². The highest BCUT2D eigenvalue weighted by atomic mass is 19.4. The molecule has 7 heteroatoms. The monoisotopic (exact) mass is 304 g/mol. The predicted molar refractivity (Wildman–Crippen MR) is 71.3 cm³/mol. The third-order valence-corrected chi connectivity index (χ3v) is 4.01. The SMILES string of the molecule is COC1(C(NN)c2ccc(C(F)(F)F)cc2)CCOCC1. The average Bonchev–Trinajstić information content (AvgIpc) is 2.48. The third kappa shape index (κ3) is 3.37. The van der Waals surface area contributed by atoms with Crippen LogP contribution in [0.2, 0.25) is 0 Å². The minimum atomic E-state index is -4.35. The van der Waals surface area contributed by atoms with Crippen LogP contribution in [0.1, 0.15) is 30.0 Å². The normalized spacial score (nSPS) is 20.2. The Hall–Kier alpha value is -1.15. The van der Waals surface area contributed by atoms with Gasteiger partial charge in [-0.3, -0.25) is 11.3 Å². The summed E-state index contributed by atoms with van der Waals surface area (Å²) in [4.78, 5) is 0. The number of benzene rings is 1. The molecule has 1 aliphatic heterocycles. The molecule has 0 spiro atoms. The van der Waals surface area contributed by atoms with Crippen molar-refractivity contribution < 1.29 is 22.6 Å². The maximum absolute atomic E-state index is 12.6. The zero-order valence-electron chi connectivity index (χ0n) is 11.7. The number of ether oxygens (including phenoxy) is 2. The van der Waals surface area contributed by atoms with E-state index < -0.39 is 23.4 Å². The predicted octanol–water partition coefficient (Wildman–Crippen LogP) is 2.41. The minimum Gasteiger partial charge on any atom is -0.381 e. The summed E-state index contributed by atoms with van der Waals surface area (Å²) in [6, 6.07) is 4.59. The topological polar surface area (TPSA) is 56.5 Å². The van der Waals surface area contributed by atoms with Crippen molar-refractivity contribution in [3.8, 4) is 0 Å². The molecule has 0 bridgehead atoms. The van der Waals surface area contributed by atoms with Crippen molar-refractivity contribution in [2.75, 3.05) is 20.3 Å². The van der Waals surface area contributed by atoms with Crippen molar-refractivity contribution in [3.63, 3.8) is 0 Å². The lowest BCUT2D eigenvalue weighted by atomic mass is 9.82. The van der Waals surface area contributed by atoms with Crippen molar-refractivity contribution in [2.24, 2.45) is 5.84 Å². The van der Waals surface area contributed by atoms with E-state index in [1.165, 1.54) is 12.1 Å². The summed E-state index contributed by atoms with van der Waals surface area (Å²) in [6.07, 6.45) is -3.10. The Bertz CT molecular complexity index is 456. The lowest BCUT2D eigenvalue weighted by Crippen LogP contribution is -2.51. The number of halogens is 3. The molecule has 1 unspecified atom stereocenters. The average molecular weight is 304 g/mol. The summed E-state index contributed by atoms with van der Waals surface area (Å²) in [5, 5.41) is 0. The van der Waals surface area contributed by atoms with E-state index >= 15 is 0 Å². The maximum atomic E-state index is 12.6. The van der Waals surface area contributed by atoms with Crippen molar-refractivity contribution in [3.05, 3.63) is 35.4 Å². The van der Waals surface area contributed by atoms with Crippen molar-refractivity contribution in [2.45, 2.75) is 30.7 Å². The highest BCUT2D eigenvalue weighted by Crippen LogP contribution is 2.38. The van der Waals surface area contributed by atoms with E-state index in [9.17, 15) is 13.2 Å². The first kappa shape index (κ1) is 16.2. The molecule has 1 saturated heterocycles. The smallest absolute Gasteiger partial charge is 0.381 e. The molecule has 1 fully saturated rings. The van der Waals surface area contributed by atoms with Gasteiger partial charge in [0.25, 0.3) is 0 Å². The second-order valence-electron chi connectivity index (χ2n) is 5.10. The summed E-state index contributed by atoms with van der Waals surface area (Å²) in [5.41, 5.74) is 2.08. The van der Waals surface area contributed by atoms with Gasteiger partial charge in [-0.25, -0.2) is 0 Å². The van der Waals surface area contributed by atoms with Gasteiger partial charge in [-0.1, -0.05) is 12.1 Å². The lowest BCUT2D eigenvalue weighted by Gasteiger charge is -2.42. The second-order valence-corrected chi connectivity index (χ2v) is 5.10. The Morgan fingerprint density at radius 3 is 2.24 bits per heavy atom. The molecule has 1 aromatic rings. The zero-order chi connectivity index (χ0) is 15.5. The summed E-state index contributed by atoms with van der Waals surface area (Å²) in [5.74, 6) is 5.63. The number of methoxy groups -OCH3 is 1. The molecule has 21 heavy (non-hydrogen) atoms. The molecule has 3 N–H and O–H groups in total. The highest BCUT2D eigenvalue weighted by Gasteiger charge is 2.41. The second kappa shape index (κ2) is 6.31. The van der Waals surface area contributed by atoms with Crippen LogP contribution >= 0.6 is 0 Å². The van der Waals surface area contributed by atoms with E-state index in [1.807, 2.05) is 0 Å². The molecule has 1 atom stereocenters. The van der Waals surface area contributed by atoms with Crippen LogP contribution < -0.4 is 11.3 Å². The van der Waals surface area contributed by atoms with Gasteiger partial charge in [-0.05, 0) is 17.7 Å². The molecule has 2 rings (SSSR count). The Morgan fingerprint density at radius 2 is 1.81 bits per heavy atom. The molecule has 4 nitrogen and oxygen atoms in total. The van der Waals surface area contributed by atoms with Gasteiger partial charge in [-0.2, -0.15) is 13.2 Å². The van der Waals surface area contributed by atoms with Gasteiger partial charge >= 0.3 is 6.18 Å². The van der Waals surface area contributed by atoms with Gasteiger partial charge in [0.2, 0.25) is 0 Å². The van der Waals surface area contributed by atoms with Gasteiger partial charge < -0.3 is 9.47 Å². The van der Waals surface area contributed by atoms with Gasteiger partial charge in [0.05, 0.1) is 17.2 Å². The number of rotatable bonds is 4. The molecule has 0 radical (unpaired) electrons. The first-order valence-corrected chi connectivity index (χ1v) is 6.69. The summed E-state index contributed by atoms with van der Waals surface area (Å²) < 4.78 is 48.8. The third-order valence-electron chi connectivity index (χ3n) is 4.01. The Kier molecular flexibility index (Phi) is 4.88. The van der Waals surface area contributed by atoms with Crippen LogP contribution in [0.15, 0.2) is 24.3 Å². The first-order chi connectivity index (χ1) is 9.93. The molecule has 1 aliphatic rings. The Labute approximate surface area is 121 Å². The van der Waals surface area contributed by atoms with E-state index in [2.05, 4.69) is 5.43 Å². The molecule has 118 valence electrons. The molecule has 0 aromatic heterocycles. The molecular weight excluding hydrogens is 285 g/mol.